The average molecular weight is 291 g/mol. The number of thiophene rings is 1. The van der Waals surface area contributed by atoms with Gasteiger partial charge in [-0.25, -0.2) is 4.98 Å². The quantitative estimate of drug-likeness (QED) is 0.749. The summed E-state index contributed by atoms with van der Waals surface area (Å²) in [4.78, 5) is 9.33. The number of rotatable bonds is 2. The predicted molar refractivity (Wildman–Crippen MR) is 81.3 cm³/mol. The number of benzene rings is 1. The van der Waals surface area contributed by atoms with Crippen LogP contribution in [-0.2, 0) is 0 Å². The number of hydrogen-bond donors (Lipinski definition) is 2. The van der Waals surface area contributed by atoms with Crippen molar-refractivity contribution < 1.29 is 0 Å². The van der Waals surface area contributed by atoms with Crippen LogP contribution < -0.4 is 11.1 Å². The molecule has 0 atom stereocenters. The summed E-state index contributed by atoms with van der Waals surface area (Å²) >= 11 is 7.55. The first-order valence-electron chi connectivity index (χ1n) is 5.67. The summed E-state index contributed by atoms with van der Waals surface area (Å²) in [5, 5.41) is 6.88. The lowest BCUT2D eigenvalue weighted by Crippen LogP contribution is -2.01. The molecule has 0 radical (unpaired) electrons. The lowest BCUT2D eigenvalue weighted by atomic mass is 10.2. The number of hydrogen-bond acceptors (Lipinski definition) is 5. The molecular weight excluding hydrogens is 280 g/mol. The Morgan fingerprint density at radius 2 is 2.11 bits per heavy atom. The first-order chi connectivity index (χ1) is 9.13. The Kier molecular flexibility index (Phi) is 3.00. The van der Waals surface area contributed by atoms with E-state index < -0.39 is 0 Å². The molecule has 0 saturated carbocycles. The van der Waals surface area contributed by atoms with Gasteiger partial charge in [0.15, 0.2) is 0 Å². The first-order valence-corrected chi connectivity index (χ1v) is 6.93. The summed E-state index contributed by atoms with van der Waals surface area (Å²) in [6.07, 6.45) is 0. The smallest absolute Gasteiger partial charge is 0.223 e. The van der Waals surface area contributed by atoms with Crippen LogP contribution >= 0.6 is 22.9 Å². The van der Waals surface area contributed by atoms with E-state index in [1.165, 1.54) is 11.3 Å². The zero-order valence-electron chi connectivity index (χ0n) is 10.1. The van der Waals surface area contributed by atoms with Crippen molar-refractivity contribution in [2.45, 2.75) is 6.92 Å². The highest BCUT2D eigenvalue weighted by molar-refractivity contribution is 7.16. The molecule has 0 bridgehead atoms. The summed E-state index contributed by atoms with van der Waals surface area (Å²) in [6.45, 7) is 2.01. The van der Waals surface area contributed by atoms with Crippen LogP contribution in [0.1, 0.15) is 5.56 Å². The average Bonchev–Trinajstić information content (AvgIpc) is 2.82. The second-order valence-electron chi connectivity index (χ2n) is 4.15. The highest BCUT2D eigenvalue weighted by Gasteiger charge is 2.09. The van der Waals surface area contributed by atoms with E-state index in [4.69, 9.17) is 17.3 Å². The van der Waals surface area contributed by atoms with Crippen molar-refractivity contribution in [1.82, 2.24) is 9.97 Å². The van der Waals surface area contributed by atoms with E-state index >= 15 is 0 Å². The van der Waals surface area contributed by atoms with Crippen LogP contribution in [0.5, 0.6) is 0 Å². The Morgan fingerprint density at radius 1 is 1.26 bits per heavy atom. The first kappa shape index (κ1) is 12.2. The molecule has 0 aliphatic heterocycles. The van der Waals surface area contributed by atoms with E-state index in [1.54, 1.807) is 0 Å². The lowest BCUT2D eigenvalue weighted by molar-refractivity contribution is 1.24. The molecule has 3 aromatic rings. The van der Waals surface area contributed by atoms with Gasteiger partial charge in [0.25, 0.3) is 0 Å². The van der Waals surface area contributed by atoms with E-state index in [9.17, 15) is 0 Å². The van der Waals surface area contributed by atoms with Crippen LogP contribution in [0.2, 0.25) is 5.02 Å². The maximum atomic E-state index is 6.02. The number of aryl methyl sites for hydroxylation is 1. The van der Waals surface area contributed by atoms with Gasteiger partial charge in [0.1, 0.15) is 10.6 Å². The third-order valence-electron chi connectivity index (χ3n) is 2.80. The van der Waals surface area contributed by atoms with Crippen LogP contribution in [0.4, 0.5) is 17.5 Å². The number of nitrogens with one attached hydrogen (secondary N) is 1. The van der Waals surface area contributed by atoms with Crippen LogP contribution in [-0.4, -0.2) is 9.97 Å². The maximum Gasteiger partial charge on any atom is 0.223 e. The maximum absolute atomic E-state index is 6.02. The lowest BCUT2D eigenvalue weighted by Gasteiger charge is -2.10. The van der Waals surface area contributed by atoms with Crippen molar-refractivity contribution in [2.75, 3.05) is 11.1 Å². The van der Waals surface area contributed by atoms with Gasteiger partial charge in [-0.3, -0.25) is 0 Å². The summed E-state index contributed by atoms with van der Waals surface area (Å²) in [5.74, 6) is 0.964. The number of anilines is 3. The minimum absolute atomic E-state index is 0.261. The Hall–Kier alpha value is -1.85. The highest BCUT2D eigenvalue weighted by Crippen LogP contribution is 2.30. The van der Waals surface area contributed by atoms with E-state index in [0.29, 0.717) is 10.8 Å². The third kappa shape index (κ3) is 2.34. The van der Waals surface area contributed by atoms with E-state index in [1.807, 2.05) is 36.6 Å². The topological polar surface area (TPSA) is 63.8 Å². The van der Waals surface area contributed by atoms with Crippen molar-refractivity contribution in [1.29, 1.82) is 0 Å². The normalized spacial score (nSPS) is 10.8. The molecule has 2 heterocycles. The van der Waals surface area contributed by atoms with Crippen LogP contribution in [0.25, 0.3) is 10.2 Å². The van der Waals surface area contributed by atoms with E-state index in [0.717, 1.165) is 21.5 Å². The van der Waals surface area contributed by atoms with Crippen molar-refractivity contribution in [3.8, 4) is 0 Å². The fourth-order valence-corrected chi connectivity index (χ4v) is 2.77. The van der Waals surface area contributed by atoms with Gasteiger partial charge in [0, 0.05) is 10.7 Å². The van der Waals surface area contributed by atoms with Crippen molar-refractivity contribution >= 4 is 50.6 Å². The van der Waals surface area contributed by atoms with Gasteiger partial charge in [-0.15, -0.1) is 11.3 Å². The van der Waals surface area contributed by atoms with Crippen molar-refractivity contribution in [2.24, 2.45) is 0 Å². The standard InChI is InChI=1S/C13H11ClN4S/c1-7-2-3-8(14)6-10(7)16-11-9-4-5-19-12(9)18-13(15)17-11/h2-6H,1H3,(H3,15,16,17,18). The second kappa shape index (κ2) is 4.68. The molecule has 19 heavy (non-hydrogen) atoms. The van der Waals surface area contributed by atoms with Gasteiger partial charge in [-0.05, 0) is 36.1 Å². The molecule has 96 valence electrons. The molecule has 1 aromatic carbocycles. The SMILES string of the molecule is Cc1ccc(Cl)cc1Nc1nc(N)nc2sccc12. The van der Waals surface area contributed by atoms with E-state index in [2.05, 4.69) is 15.3 Å². The molecule has 4 nitrogen and oxygen atoms in total. The molecule has 0 amide bonds. The zero-order chi connectivity index (χ0) is 13.4. The molecule has 0 aliphatic rings. The fourth-order valence-electron chi connectivity index (χ4n) is 1.82. The zero-order valence-corrected chi connectivity index (χ0v) is 11.7. The number of aromatic nitrogens is 2. The minimum Gasteiger partial charge on any atom is -0.368 e. The van der Waals surface area contributed by atoms with Gasteiger partial charge in [-0.1, -0.05) is 17.7 Å². The molecule has 0 fully saturated rings. The second-order valence-corrected chi connectivity index (χ2v) is 5.49. The summed E-state index contributed by atoms with van der Waals surface area (Å²) in [7, 11) is 0. The molecule has 0 unspecified atom stereocenters. The molecule has 3 N–H and O–H groups in total. The van der Waals surface area contributed by atoms with Gasteiger partial charge in [0.2, 0.25) is 5.95 Å². The Labute approximate surface area is 119 Å². The van der Waals surface area contributed by atoms with Gasteiger partial charge < -0.3 is 11.1 Å². The Balaban J connectivity index is 2.10. The number of halogens is 1. The minimum atomic E-state index is 0.261. The molecule has 0 aliphatic carbocycles. The Morgan fingerprint density at radius 3 is 2.95 bits per heavy atom. The molecule has 6 heteroatoms. The summed E-state index contributed by atoms with van der Waals surface area (Å²) in [5.41, 5.74) is 7.73. The van der Waals surface area contributed by atoms with Crippen molar-refractivity contribution in [3.05, 3.63) is 40.2 Å². The molecule has 2 aromatic heterocycles. The summed E-state index contributed by atoms with van der Waals surface area (Å²) < 4.78 is 0. The van der Waals surface area contributed by atoms with Gasteiger partial charge in [-0.2, -0.15) is 4.98 Å². The monoisotopic (exact) mass is 290 g/mol. The molecular formula is C13H11ClN4S. The van der Waals surface area contributed by atoms with Crippen molar-refractivity contribution in [3.63, 3.8) is 0 Å². The van der Waals surface area contributed by atoms with Crippen LogP contribution in [0, 0.1) is 6.92 Å². The number of nitrogen functional groups attached to an aromatic ring is 1. The number of nitrogens with zero attached hydrogens (tertiary/aromatic N) is 2. The Bertz CT molecular complexity index is 753. The van der Waals surface area contributed by atoms with E-state index in [-0.39, 0.29) is 5.95 Å². The van der Waals surface area contributed by atoms with Crippen LogP contribution in [0.3, 0.4) is 0 Å². The third-order valence-corrected chi connectivity index (χ3v) is 3.84. The predicted octanol–water partition coefficient (Wildman–Crippen LogP) is 3.98. The molecule has 3 rings (SSSR count). The summed E-state index contributed by atoms with van der Waals surface area (Å²) in [6, 6.07) is 7.66. The highest BCUT2D eigenvalue weighted by atomic mass is 35.5. The van der Waals surface area contributed by atoms with Gasteiger partial charge in [0.05, 0.1) is 5.39 Å². The molecule has 0 spiro atoms. The van der Waals surface area contributed by atoms with Crippen LogP contribution in [0.15, 0.2) is 29.6 Å². The number of fused-ring (bicyclic) bond motifs is 1. The molecule has 0 saturated heterocycles. The fraction of sp³-hybridized carbons (Fsp3) is 0.0769. The van der Waals surface area contributed by atoms with Gasteiger partial charge >= 0.3 is 0 Å². The largest absolute Gasteiger partial charge is 0.368 e. The number of nitrogens with two attached hydrogens (primary N) is 1.